The molecule has 0 aliphatic carbocycles. The summed E-state index contributed by atoms with van der Waals surface area (Å²) in [5.74, 6) is 0.444. The number of para-hydroxylation sites is 1. The lowest BCUT2D eigenvalue weighted by molar-refractivity contribution is 0.0451. The molecular formula is C22H20O3. The summed E-state index contributed by atoms with van der Waals surface area (Å²) in [5, 5.41) is 0. The number of ether oxygens (including phenoxy) is 2. The highest BCUT2D eigenvalue weighted by Crippen LogP contribution is 2.29. The van der Waals surface area contributed by atoms with E-state index >= 15 is 0 Å². The lowest BCUT2D eigenvalue weighted by Gasteiger charge is -2.12. The molecule has 3 nitrogen and oxygen atoms in total. The Balaban J connectivity index is 1.56. The van der Waals surface area contributed by atoms with E-state index in [4.69, 9.17) is 9.47 Å². The van der Waals surface area contributed by atoms with Crippen LogP contribution >= 0.6 is 0 Å². The average Bonchev–Trinajstić information content (AvgIpc) is 2.66. The molecule has 0 fully saturated rings. The van der Waals surface area contributed by atoms with E-state index in [0.717, 1.165) is 22.4 Å². The summed E-state index contributed by atoms with van der Waals surface area (Å²) < 4.78 is 11.1. The maximum atomic E-state index is 12.0. The van der Waals surface area contributed by atoms with Crippen molar-refractivity contribution in [2.24, 2.45) is 0 Å². The molecule has 0 aromatic heterocycles. The molecule has 0 bridgehead atoms. The molecule has 0 radical (unpaired) electrons. The van der Waals surface area contributed by atoms with E-state index < -0.39 is 0 Å². The molecule has 3 aromatic carbocycles. The second-order valence-corrected chi connectivity index (χ2v) is 5.71. The fraction of sp³-hybridized carbons (Fsp3) is 0.136. The SMILES string of the molecule is Cc1ccc(C(=O)OCCOc2ccccc2-c2ccccc2)cc1. The number of aryl methyl sites for hydroxylation is 1. The molecule has 0 unspecified atom stereocenters. The fourth-order valence-corrected chi connectivity index (χ4v) is 2.51. The van der Waals surface area contributed by atoms with Crippen molar-refractivity contribution in [2.75, 3.05) is 13.2 Å². The predicted octanol–water partition coefficient (Wildman–Crippen LogP) is 4.90. The summed E-state index contributed by atoms with van der Waals surface area (Å²) in [5.41, 5.74) is 3.77. The third kappa shape index (κ3) is 4.48. The molecule has 3 aromatic rings. The summed E-state index contributed by atoms with van der Waals surface area (Å²) in [4.78, 5) is 12.0. The van der Waals surface area contributed by atoms with Crippen LogP contribution in [-0.2, 0) is 4.74 Å². The highest BCUT2D eigenvalue weighted by molar-refractivity contribution is 5.89. The first kappa shape index (κ1) is 16.8. The van der Waals surface area contributed by atoms with Crippen LogP contribution in [0.3, 0.4) is 0 Å². The molecule has 0 N–H and O–H groups in total. The zero-order chi connectivity index (χ0) is 17.5. The van der Waals surface area contributed by atoms with Gasteiger partial charge in [-0.05, 0) is 30.7 Å². The Kier molecular flexibility index (Phi) is 5.47. The number of hydrogen-bond donors (Lipinski definition) is 0. The van der Waals surface area contributed by atoms with Crippen LogP contribution in [0.5, 0.6) is 5.75 Å². The van der Waals surface area contributed by atoms with E-state index in [1.54, 1.807) is 12.1 Å². The van der Waals surface area contributed by atoms with Crippen molar-refractivity contribution in [3.8, 4) is 16.9 Å². The summed E-state index contributed by atoms with van der Waals surface area (Å²) in [6.45, 7) is 2.49. The van der Waals surface area contributed by atoms with E-state index in [1.807, 2.05) is 73.7 Å². The largest absolute Gasteiger partial charge is 0.489 e. The molecule has 0 spiro atoms. The Bertz CT molecular complexity index is 823. The van der Waals surface area contributed by atoms with Gasteiger partial charge in [0.15, 0.2) is 0 Å². The minimum absolute atomic E-state index is 0.204. The number of carbonyl (C=O) groups is 1. The minimum Gasteiger partial charge on any atom is -0.489 e. The van der Waals surface area contributed by atoms with Gasteiger partial charge in [0.1, 0.15) is 19.0 Å². The molecule has 126 valence electrons. The third-order valence-corrected chi connectivity index (χ3v) is 3.83. The van der Waals surface area contributed by atoms with Gasteiger partial charge < -0.3 is 9.47 Å². The van der Waals surface area contributed by atoms with Crippen LogP contribution in [0.25, 0.3) is 11.1 Å². The monoisotopic (exact) mass is 332 g/mol. The first-order chi connectivity index (χ1) is 12.2. The topological polar surface area (TPSA) is 35.5 Å². The molecule has 3 rings (SSSR count). The smallest absolute Gasteiger partial charge is 0.338 e. The number of rotatable bonds is 6. The molecule has 25 heavy (non-hydrogen) atoms. The first-order valence-electron chi connectivity index (χ1n) is 8.25. The van der Waals surface area contributed by atoms with E-state index in [2.05, 4.69) is 0 Å². The van der Waals surface area contributed by atoms with Crippen LogP contribution in [0.2, 0.25) is 0 Å². The van der Waals surface area contributed by atoms with Crippen LogP contribution in [0.4, 0.5) is 0 Å². The van der Waals surface area contributed by atoms with Crippen molar-refractivity contribution < 1.29 is 14.3 Å². The Morgan fingerprint density at radius 2 is 1.48 bits per heavy atom. The molecule has 0 saturated carbocycles. The fourth-order valence-electron chi connectivity index (χ4n) is 2.51. The third-order valence-electron chi connectivity index (χ3n) is 3.83. The second kappa shape index (κ2) is 8.15. The van der Waals surface area contributed by atoms with Crippen molar-refractivity contribution >= 4 is 5.97 Å². The predicted molar refractivity (Wildman–Crippen MR) is 98.8 cm³/mol. The van der Waals surface area contributed by atoms with Crippen LogP contribution in [0, 0.1) is 6.92 Å². The van der Waals surface area contributed by atoms with Crippen LogP contribution < -0.4 is 4.74 Å². The van der Waals surface area contributed by atoms with Gasteiger partial charge in [-0.3, -0.25) is 0 Å². The van der Waals surface area contributed by atoms with Gasteiger partial charge in [-0.25, -0.2) is 4.79 Å². The first-order valence-corrected chi connectivity index (χ1v) is 8.25. The van der Waals surface area contributed by atoms with E-state index in [-0.39, 0.29) is 12.6 Å². The van der Waals surface area contributed by atoms with Gasteiger partial charge >= 0.3 is 5.97 Å². The Morgan fingerprint density at radius 1 is 0.800 bits per heavy atom. The van der Waals surface area contributed by atoms with Gasteiger partial charge in [0.2, 0.25) is 0 Å². The molecule has 0 atom stereocenters. The molecule has 3 heteroatoms. The number of carbonyl (C=O) groups excluding carboxylic acids is 1. The van der Waals surface area contributed by atoms with Crippen LogP contribution in [0.1, 0.15) is 15.9 Å². The lowest BCUT2D eigenvalue weighted by Crippen LogP contribution is -2.12. The zero-order valence-electron chi connectivity index (χ0n) is 14.1. The molecule has 0 aliphatic heterocycles. The van der Waals surface area contributed by atoms with Crippen molar-refractivity contribution in [2.45, 2.75) is 6.92 Å². The maximum Gasteiger partial charge on any atom is 0.338 e. The van der Waals surface area contributed by atoms with Gasteiger partial charge in [0.25, 0.3) is 0 Å². The Morgan fingerprint density at radius 3 is 2.24 bits per heavy atom. The van der Waals surface area contributed by atoms with Crippen molar-refractivity contribution in [3.63, 3.8) is 0 Å². The van der Waals surface area contributed by atoms with Crippen LogP contribution in [-0.4, -0.2) is 19.2 Å². The molecular weight excluding hydrogens is 312 g/mol. The van der Waals surface area contributed by atoms with Crippen LogP contribution in [0.15, 0.2) is 78.9 Å². The van der Waals surface area contributed by atoms with Gasteiger partial charge in [0, 0.05) is 5.56 Å². The Hall–Kier alpha value is -3.07. The standard InChI is InChI=1S/C22H20O3/c1-17-11-13-19(14-12-17)22(23)25-16-15-24-21-10-6-5-9-20(21)18-7-3-2-4-8-18/h2-14H,15-16H2,1H3. The van der Waals surface area contributed by atoms with Crippen molar-refractivity contribution in [1.82, 2.24) is 0 Å². The highest BCUT2D eigenvalue weighted by Gasteiger charge is 2.08. The van der Waals surface area contributed by atoms with E-state index in [1.165, 1.54) is 0 Å². The summed E-state index contributed by atoms with van der Waals surface area (Å²) >= 11 is 0. The van der Waals surface area contributed by atoms with E-state index in [9.17, 15) is 4.79 Å². The second-order valence-electron chi connectivity index (χ2n) is 5.71. The maximum absolute atomic E-state index is 12.0. The normalized spacial score (nSPS) is 10.3. The summed E-state index contributed by atoms with van der Waals surface area (Å²) in [6, 6.07) is 25.2. The molecule has 0 saturated heterocycles. The van der Waals surface area contributed by atoms with Gasteiger partial charge in [0.05, 0.1) is 5.56 Å². The summed E-state index contributed by atoms with van der Waals surface area (Å²) in [6.07, 6.45) is 0. The number of esters is 1. The average molecular weight is 332 g/mol. The quantitative estimate of drug-likeness (QED) is 0.476. The molecule has 0 amide bonds. The summed E-state index contributed by atoms with van der Waals surface area (Å²) in [7, 11) is 0. The zero-order valence-corrected chi connectivity index (χ0v) is 14.1. The van der Waals surface area contributed by atoms with Gasteiger partial charge in [-0.1, -0.05) is 66.2 Å². The minimum atomic E-state index is -0.333. The number of benzene rings is 3. The van der Waals surface area contributed by atoms with Gasteiger partial charge in [-0.15, -0.1) is 0 Å². The number of hydrogen-bond acceptors (Lipinski definition) is 3. The lowest BCUT2D eigenvalue weighted by atomic mass is 10.1. The highest BCUT2D eigenvalue weighted by atomic mass is 16.6. The molecule has 0 heterocycles. The Labute approximate surface area is 147 Å². The van der Waals surface area contributed by atoms with Crippen molar-refractivity contribution in [3.05, 3.63) is 90.0 Å². The molecule has 0 aliphatic rings. The van der Waals surface area contributed by atoms with Crippen molar-refractivity contribution in [1.29, 1.82) is 0 Å². The van der Waals surface area contributed by atoms with Gasteiger partial charge in [-0.2, -0.15) is 0 Å². The van der Waals surface area contributed by atoms with E-state index in [0.29, 0.717) is 12.2 Å².